The third-order valence-corrected chi connectivity index (χ3v) is 3.94. The van der Waals surface area contributed by atoms with Crippen LogP contribution in [0.15, 0.2) is 36.4 Å². The second-order valence-electron chi connectivity index (χ2n) is 5.57. The zero-order chi connectivity index (χ0) is 19.8. The van der Waals surface area contributed by atoms with Crippen LogP contribution in [0.25, 0.3) is 0 Å². The Bertz CT molecular complexity index is 826. The molecule has 27 heavy (non-hydrogen) atoms. The van der Waals surface area contributed by atoms with Crippen molar-refractivity contribution < 1.29 is 19.2 Å². The van der Waals surface area contributed by atoms with E-state index in [-0.39, 0.29) is 16.3 Å². The number of nitro groups is 1. The minimum atomic E-state index is -0.623. The van der Waals surface area contributed by atoms with Crippen molar-refractivity contribution in [2.45, 2.75) is 20.3 Å². The Kier molecular flexibility index (Phi) is 7.43. The fourth-order valence-electron chi connectivity index (χ4n) is 2.51. The van der Waals surface area contributed by atoms with E-state index >= 15 is 0 Å². The predicted octanol–water partition coefficient (Wildman–Crippen LogP) is 4.02. The van der Waals surface area contributed by atoms with Gasteiger partial charge in [-0.3, -0.25) is 14.9 Å². The lowest BCUT2D eigenvalue weighted by atomic mass is 10.1. The molecule has 0 bridgehead atoms. The molecular weight excluding hydrogens is 372 g/mol. The molecule has 0 aliphatic rings. The number of ether oxygens (including phenoxy) is 2. The van der Waals surface area contributed by atoms with Gasteiger partial charge in [0.2, 0.25) is 0 Å². The second kappa shape index (κ2) is 9.78. The molecule has 1 amide bonds. The van der Waals surface area contributed by atoms with Gasteiger partial charge in [-0.2, -0.15) is 0 Å². The molecule has 0 fully saturated rings. The summed E-state index contributed by atoms with van der Waals surface area (Å²) >= 11 is 5.77. The van der Waals surface area contributed by atoms with Crippen LogP contribution in [0.1, 0.15) is 29.8 Å². The monoisotopic (exact) mass is 392 g/mol. The zero-order valence-corrected chi connectivity index (χ0v) is 15.9. The number of halogens is 1. The number of nitrogens with zero attached hydrogens (tertiary/aromatic N) is 1. The summed E-state index contributed by atoms with van der Waals surface area (Å²) in [6, 6.07) is 9.55. The van der Waals surface area contributed by atoms with Crippen molar-refractivity contribution in [3.8, 4) is 11.5 Å². The standard InChI is InChI=1S/C19H21ClN2O5/c1-3-26-17-8-5-13(11-18(17)27-4-2)9-10-21-19(23)15-7-6-14(20)12-16(15)22(24)25/h5-8,11-12H,3-4,9-10H2,1-2H3,(H,21,23). The molecule has 0 saturated carbocycles. The van der Waals surface area contributed by atoms with Gasteiger partial charge in [-0.15, -0.1) is 0 Å². The molecule has 144 valence electrons. The topological polar surface area (TPSA) is 90.7 Å². The third-order valence-electron chi connectivity index (χ3n) is 3.71. The Balaban J connectivity index is 2.03. The summed E-state index contributed by atoms with van der Waals surface area (Å²) in [6.07, 6.45) is 0.541. The van der Waals surface area contributed by atoms with Crippen molar-refractivity contribution in [2.75, 3.05) is 19.8 Å². The van der Waals surface area contributed by atoms with E-state index in [4.69, 9.17) is 21.1 Å². The van der Waals surface area contributed by atoms with Crippen molar-refractivity contribution in [2.24, 2.45) is 0 Å². The minimum absolute atomic E-state index is 0.0221. The van der Waals surface area contributed by atoms with Crippen LogP contribution in [-0.2, 0) is 6.42 Å². The van der Waals surface area contributed by atoms with Gasteiger partial charge in [-0.25, -0.2) is 0 Å². The van der Waals surface area contributed by atoms with Gasteiger partial charge in [0.15, 0.2) is 11.5 Å². The molecule has 0 unspecified atom stereocenters. The molecule has 0 saturated heterocycles. The van der Waals surface area contributed by atoms with Crippen LogP contribution in [0, 0.1) is 10.1 Å². The Morgan fingerprint density at radius 2 is 1.81 bits per heavy atom. The SMILES string of the molecule is CCOc1ccc(CCNC(=O)c2ccc(Cl)cc2[N+](=O)[O-])cc1OCC. The van der Waals surface area contributed by atoms with Crippen LogP contribution in [0.2, 0.25) is 5.02 Å². The van der Waals surface area contributed by atoms with Gasteiger partial charge in [0.05, 0.1) is 18.1 Å². The van der Waals surface area contributed by atoms with Crippen molar-refractivity contribution in [1.29, 1.82) is 0 Å². The summed E-state index contributed by atoms with van der Waals surface area (Å²) in [5, 5.41) is 14.0. The summed E-state index contributed by atoms with van der Waals surface area (Å²) in [5.74, 6) is 0.801. The van der Waals surface area contributed by atoms with Gasteiger partial charge in [-0.05, 0) is 50.1 Å². The molecule has 7 nitrogen and oxygen atoms in total. The molecule has 0 radical (unpaired) electrons. The van der Waals surface area contributed by atoms with Gasteiger partial charge < -0.3 is 14.8 Å². The lowest BCUT2D eigenvalue weighted by Crippen LogP contribution is -2.26. The van der Waals surface area contributed by atoms with Gasteiger partial charge in [0, 0.05) is 17.6 Å². The van der Waals surface area contributed by atoms with E-state index in [0.29, 0.717) is 37.7 Å². The summed E-state index contributed by atoms with van der Waals surface area (Å²) in [6.45, 7) is 5.16. The molecule has 0 atom stereocenters. The van der Waals surface area contributed by atoms with Crippen LogP contribution in [0.3, 0.4) is 0 Å². The summed E-state index contributed by atoms with van der Waals surface area (Å²) in [4.78, 5) is 22.8. The molecule has 2 aromatic rings. The molecule has 0 aliphatic heterocycles. The summed E-state index contributed by atoms with van der Waals surface area (Å²) in [5.41, 5.74) is 0.610. The van der Waals surface area contributed by atoms with Crippen molar-refractivity contribution in [1.82, 2.24) is 5.32 Å². The van der Waals surface area contributed by atoms with E-state index in [2.05, 4.69) is 5.32 Å². The maximum Gasteiger partial charge on any atom is 0.283 e. The second-order valence-corrected chi connectivity index (χ2v) is 6.01. The van der Waals surface area contributed by atoms with Gasteiger partial charge in [0.1, 0.15) is 5.56 Å². The van der Waals surface area contributed by atoms with Crippen LogP contribution in [0.4, 0.5) is 5.69 Å². The van der Waals surface area contributed by atoms with Crippen molar-refractivity contribution in [3.63, 3.8) is 0 Å². The van der Waals surface area contributed by atoms with Gasteiger partial charge in [0.25, 0.3) is 11.6 Å². The first-order chi connectivity index (χ1) is 13.0. The number of benzene rings is 2. The Labute approximate surface area is 162 Å². The first-order valence-corrected chi connectivity index (χ1v) is 8.94. The highest BCUT2D eigenvalue weighted by molar-refractivity contribution is 6.31. The average Bonchev–Trinajstić information content (AvgIpc) is 2.64. The maximum atomic E-state index is 12.3. The van der Waals surface area contributed by atoms with Gasteiger partial charge in [-0.1, -0.05) is 17.7 Å². The molecule has 0 spiro atoms. The van der Waals surface area contributed by atoms with Crippen molar-refractivity contribution >= 4 is 23.2 Å². The van der Waals surface area contributed by atoms with Crippen LogP contribution >= 0.6 is 11.6 Å². The van der Waals surface area contributed by atoms with Crippen LogP contribution in [0.5, 0.6) is 11.5 Å². The predicted molar refractivity (Wildman–Crippen MR) is 103 cm³/mol. The fourth-order valence-corrected chi connectivity index (χ4v) is 2.68. The highest BCUT2D eigenvalue weighted by Crippen LogP contribution is 2.28. The van der Waals surface area contributed by atoms with E-state index in [1.54, 1.807) is 0 Å². The number of nitrogens with one attached hydrogen (secondary N) is 1. The van der Waals surface area contributed by atoms with Gasteiger partial charge >= 0.3 is 0 Å². The number of nitro benzene ring substituents is 1. The zero-order valence-electron chi connectivity index (χ0n) is 15.2. The Hall–Kier alpha value is -2.80. The van der Waals surface area contributed by atoms with E-state index in [0.717, 1.165) is 11.6 Å². The highest BCUT2D eigenvalue weighted by Gasteiger charge is 2.20. The summed E-state index contributed by atoms with van der Waals surface area (Å²) in [7, 11) is 0. The van der Waals surface area contributed by atoms with Crippen LogP contribution < -0.4 is 14.8 Å². The molecule has 8 heteroatoms. The lowest BCUT2D eigenvalue weighted by Gasteiger charge is -2.12. The quantitative estimate of drug-likeness (QED) is 0.514. The smallest absolute Gasteiger partial charge is 0.283 e. The molecule has 2 aromatic carbocycles. The minimum Gasteiger partial charge on any atom is -0.490 e. The van der Waals surface area contributed by atoms with E-state index in [1.807, 2.05) is 32.0 Å². The molecule has 0 heterocycles. The lowest BCUT2D eigenvalue weighted by molar-refractivity contribution is -0.385. The number of carbonyl (C=O) groups is 1. The Morgan fingerprint density at radius 3 is 2.48 bits per heavy atom. The molecule has 2 rings (SSSR count). The largest absolute Gasteiger partial charge is 0.490 e. The number of hydrogen-bond donors (Lipinski definition) is 1. The first-order valence-electron chi connectivity index (χ1n) is 8.56. The fraction of sp³-hybridized carbons (Fsp3) is 0.316. The normalized spacial score (nSPS) is 10.3. The average molecular weight is 393 g/mol. The number of carbonyl (C=O) groups excluding carboxylic acids is 1. The number of amides is 1. The molecule has 0 aromatic heterocycles. The molecule has 0 aliphatic carbocycles. The first kappa shape index (κ1) is 20.5. The van der Waals surface area contributed by atoms with Crippen LogP contribution in [-0.4, -0.2) is 30.6 Å². The molecule has 1 N–H and O–H groups in total. The molecular formula is C19H21ClN2O5. The van der Waals surface area contributed by atoms with Crippen molar-refractivity contribution in [3.05, 3.63) is 62.7 Å². The maximum absolute atomic E-state index is 12.3. The summed E-state index contributed by atoms with van der Waals surface area (Å²) < 4.78 is 11.1. The number of rotatable bonds is 9. The van der Waals surface area contributed by atoms with E-state index < -0.39 is 10.8 Å². The van der Waals surface area contributed by atoms with E-state index in [9.17, 15) is 14.9 Å². The highest BCUT2D eigenvalue weighted by atomic mass is 35.5. The Morgan fingerprint density at radius 1 is 1.11 bits per heavy atom. The van der Waals surface area contributed by atoms with E-state index in [1.165, 1.54) is 12.1 Å². The third kappa shape index (κ3) is 5.59. The number of hydrogen-bond acceptors (Lipinski definition) is 5.